The van der Waals surface area contributed by atoms with E-state index < -0.39 is 0 Å². The van der Waals surface area contributed by atoms with Crippen LogP contribution in [0.2, 0.25) is 0 Å². The van der Waals surface area contributed by atoms with Crippen LogP contribution in [0.4, 0.5) is 4.39 Å². The summed E-state index contributed by atoms with van der Waals surface area (Å²) in [5.74, 6) is -0.210. The van der Waals surface area contributed by atoms with Crippen molar-refractivity contribution in [2.45, 2.75) is 24.9 Å². The van der Waals surface area contributed by atoms with Gasteiger partial charge in [-0.2, -0.15) is 0 Å². The Morgan fingerprint density at radius 3 is 2.95 bits per heavy atom. The number of rotatable bonds is 4. The zero-order valence-electron chi connectivity index (χ0n) is 11.8. The number of hydrogen-bond acceptors (Lipinski definition) is 3. The third-order valence-electron chi connectivity index (χ3n) is 3.94. The van der Waals surface area contributed by atoms with Gasteiger partial charge in [-0.25, -0.2) is 4.39 Å². The summed E-state index contributed by atoms with van der Waals surface area (Å²) >= 11 is 0. The molecule has 19 heavy (non-hydrogen) atoms. The highest BCUT2D eigenvalue weighted by Gasteiger charge is 2.22. The molecule has 0 amide bonds. The van der Waals surface area contributed by atoms with Crippen LogP contribution in [-0.4, -0.2) is 49.6 Å². The van der Waals surface area contributed by atoms with Crippen molar-refractivity contribution in [3.05, 3.63) is 35.6 Å². The lowest BCUT2D eigenvalue weighted by atomic mass is 10.0. The predicted molar refractivity (Wildman–Crippen MR) is 76.5 cm³/mol. The van der Waals surface area contributed by atoms with E-state index in [2.05, 4.69) is 23.9 Å². The lowest BCUT2D eigenvalue weighted by molar-refractivity contribution is 0.128. The molecular weight excluding hydrogens is 241 g/mol. The molecule has 0 spiro atoms. The Kier molecular flexibility index (Phi) is 4.91. The molecule has 0 bridgehead atoms. The summed E-state index contributed by atoms with van der Waals surface area (Å²) in [6.07, 6.45) is 2.46. The lowest BCUT2D eigenvalue weighted by Gasteiger charge is -2.37. The number of likely N-dealkylation sites (tertiary alicyclic amines) is 1. The van der Waals surface area contributed by atoms with Crippen LogP contribution in [0, 0.1) is 5.82 Å². The van der Waals surface area contributed by atoms with Crippen LogP contribution >= 0.6 is 0 Å². The summed E-state index contributed by atoms with van der Waals surface area (Å²) in [4.78, 5) is 4.67. The van der Waals surface area contributed by atoms with Gasteiger partial charge in [0.25, 0.3) is 0 Å². The molecule has 2 rings (SSSR count). The first-order valence-electron chi connectivity index (χ1n) is 6.96. The average molecular weight is 265 g/mol. The normalized spacial score (nSPS) is 22.7. The maximum absolute atomic E-state index is 13.2. The number of nitrogens with zero attached hydrogens (tertiary/aromatic N) is 2. The van der Waals surface area contributed by atoms with Crippen LogP contribution in [0.3, 0.4) is 0 Å². The van der Waals surface area contributed by atoms with Crippen LogP contribution < -0.4 is 5.73 Å². The van der Waals surface area contributed by atoms with E-state index in [1.807, 2.05) is 6.07 Å². The molecular formula is C15H24FN3. The number of piperidine rings is 1. The third kappa shape index (κ3) is 4.00. The second kappa shape index (κ2) is 6.46. The first-order chi connectivity index (χ1) is 9.06. The highest BCUT2D eigenvalue weighted by Crippen LogP contribution is 2.18. The summed E-state index contributed by atoms with van der Waals surface area (Å²) < 4.78 is 13.2. The highest BCUT2D eigenvalue weighted by atomic mass is 19.1. The molecule has 2 unspecified atom stereocenters. The molecule has 1 aliphatic heterocycles. The third-order valence-corrected chi connectivity index (χ3v) is 3.94. The first kappa shape index (κ1) is 14.4. The Morgan fingerprint density at radius 2 is 2.26 bits per heavy atom. The largest absolute Gasteiger partial charge is 0.323 e. The van der Waals surface area contributed by atoms with E-state index >= 15 is 0 Å². The molecule has 2 atom stereocenters. The van der Waals surface area contributed by atoms with E-state index in [1.54, 1.807) is 6.07 Å². The fourth-order valence-corrected chi connectivity index (χ4v) is 2.74. The molecule has 1 fully saturated rings. The Morgan fingerprint density at radius 1 is 1.47 bits per heavy atom. The topological polar surface area (TPSA) is 32.5 Å². The summed E-state index contributed by atoms with van der Waals surface area (Å²) in [5.41, 5.74) is 7.08. The average Bonchev–Trinajstić information content (AvgIpc) is 2.39. The van der Waals surface area contributed by atoms with Crippen molar-refractivity contribution in [1.29, 1.82) is 0 Å². The zero-order valence-corrected chi connectivity index (χ0v) is 11.8. The smallest absolute Gasteiger partial charge is 0.123 e. The van der Waals surface area contributed by atoms with Gasteiger partial charge in [-0.1, -0.05) is 12.1 Å². The maximum atomic E-state index is 13.2. The number of likely N-dealkylation sites (N-methyl/N-ethyl adjacent to an activating group) is 1. The monoisotopic (exact) mass is 265 g/mol. The Balaban J connectivity index is 1.93. The van der Waals surface area contributed by atoms with Gasteiger partial charge in [-0.05, 0) is 51.2 Å². The molecule has 1 aliphatic rings. The fourth-order valence-electron chi connectivity index (χ4n) is 2.74. The van der Waals surface area contributed by atoms with Gasteiger partial charge in [0.05, 0.1) is 0 Å². The van der Waals surface area contributed by atoms with E-state index in [0.717, 1.165) is 25.2 Å². The van der Waals surface area contributed by atoms with Crippen molar-refractivity contribution in [3.63, 3.8) is 0 Å². The van der Waals surface area contributed by atoms with Crippen molar-refractivity contribution in [1.82, 2.24) is 9.80 Å². The Bertz CT molecular complexity index is 408. The fraction of sp³-hybridized carbons (Fsp3) is 0.600. The lowest BCUT2D eigenvalue weighted by Crippen LogP contribution is -2.47. The van der Waals surface area contributed by atoms with E-state index in [0.29, 0.717) is 6.04 Å². The number of hydrogen-bond donors (Lipinski definition) is 1. The minimum Gasteiger partial charge on any atom is -0.323 e. The van der Waals surface area contributed by atoms with E-state index in [-0.39, 0.29) is 11.9 Å². The predicted octanol–water partition coefficient (Wildman–Crippen LogP) is 1.85. The quantitative estimate of drug-likeness (QED) is 0.902. The van der Waals surface area contributed by atoms with E-state index in [1.165, 1.54) is 25.0 Å². The second-order valence-electron chi connectivity index (χ2n) is 5.68. The van der Waals surface area contributed by atoms with Crippen LogP contribution in [0.25, 0.3) is 0 Å². The molecule has 1 heterocycles. The molecule has 0 saturated carbocycles. The van der Waals surface area contributed by atoms with Gasteiger partial charge >= 0.3 is 0 Å². The number of nitrogens with two attached hydrogens (primary N) is 1. The van der Waals surface area contributed by atoms with Gasteiger partial charge in [-0.15, -0.1) is 0 Å². The molecule has 1 aromatic carbocycles. The van der Waals surface area contributed by atoms with Crippen molar-refractivity contribution in [2.75, 3.05) is 33.7 Å². The minimum atomic E-state index is -0.210. The number of benzene rings is 1. The molecule has 0 aromatic heterocycles. The molecule has 4 heteroatoms. The second-order valence-corrected chi connectivity index (χ2v) is 5.68. The standard InChI is InChI=1S/C15H24FN3/c1-18(2)14-7-4-8-19(10-14)11-15(17)12-5-3-6-13(16)9-12/h3,5-6,9,14-15H,4,7-8,10-11,17H2,1-2H3. The SMILES string of the molecule is CN(C)C1CCCN(CC(N)c2cccc(F)c2)C1. The van der Waals surface area contributed by atoms with Crippen molar-refractivity contribution >= 4 is 0 Å². The maximum Gasteiger partial charge on any atom is 0.123 e. The van der Waals surface area contributed by atoms with Crippen molar-refractivity contribution in [3.8, 4) is 0 Å². The van der Waals surface area contributed by atoms with Crippen LogP contribution in [0.5, 0.6) is 0 Å². The molecule has 1 aromatic rings. The first-order valence-corrected chi connectivity index (χ1v) is 6.96. The van der Waals surface area contributed by atoms with Gasteiger partial charge in [-0.3, -0.25) is 4.90 Å². The molecule has 3 nitrogen and oxygen atoms in total. The molecule has 106 valence electrons. The van der Waals surface area contributed by atoms with Gasteiger partial charge in [0.2, 0.25) is 0 Å². The van der Waals surface area contributed by atoms with E-state index in [9.17, 15) is 4.39 Å². The van der Waals surface area contributed by atoms with Gasteiger partial charge in [0.15, 0.2) is 0 Å². The van der Waals surface area contributed by atoms with Crippen molar-refractivity contribution < 1.29 is 4.39 Å². The minimum absolute atomic E-state index is 0.114. The Hall–Kier alpha value is -0.970. The van der Waals surface area contributed by atoms with Crippen LogP contribution in [-0.2, 0) is 0 Å². The molecule has 1 saturated heterocycles. The van der Waals surface area contributed by atoms with Gasteiger partial charge < -0.3 is 10.6 Å². The van der Waals surface area contributed by atoms with Crippen molar-refractivity contribution in [2.24, 2.45) is 5.73 Å². The van der Waals surface area contributed by atoms with E-state index in [4.69, 9.17) is 5.73 Å². The Labute approximate surface area is 115 Å². The summed E-state index contributed by atoms with van der Waals surface area (Å²) in [7, 11) is 4.25. The molecule has 0 radical (unpaired) electrons. The highest BCUT2D eigenvalue weighted by molar-refractivity contribution is 5.20. The van der Waals surface area contributed by atoms with Gasteiger partial charge in [0, 0.05) is 25.2 Å². The van der Waals surface area contributed by atoms with Gasteiger partial charge in [0.1, 0.15) is 5.82 Å². The molecule has 0 aliphatic carbocycles. The molecule has 2 N–H and O–H groups in total. The summed E-state index contributed by atoms with van der Waals surface area (Å²) in [6.45, 7) is 2.94. The van der Waals surface area contributed by atoms with Crippen LogP contribution in [0.15, 0.2) is 24.3 Å². The number of halogens is 1. The summed E-state index contributed by atoms with van der Waals surface area (Å²) in [6, 6.07) is 7.12. The summed E-state index contributed by atoms with van der Waals surface area (Å²) in [5, 5.41) is 0. The van der Waals surface area contributed by atoms with Crippen LogP contribution in [0.1, 0.15) is 24.4 Å². The zero-order chi connectivity index (χ0) is 13.8.